The molecule has 28 heavy (non-hydrogen) atoms. The van der Waals surface area contributed by atoms with Crippen molar-refractivity contribution in [3.05, 3.63) is 84.7 Å². The normalized spacial score (nSPS) is 10.6. The molecule has 0 aliphatic heterocycles. The van der Waals surface area contributed by atoms with E-state index in [9.17, 15) is 15.0 Å². The van der Waals surface area contributed by atoms with Crippen molar-refractivity contribution in [3.8, 4) is 39.7 Å². The topological polar surface area (TPSA) is 96.2 Å². The van der Waals surface area contributed by atoms with Crippen LogP contribution in [0.25, 0.3) is 33.9 Å². The Balaban J connectivity index is 1.92. The van der Waals surface area contributed by atoms with Gasteiger partial charge in [0.1, 0.15) is 11.3 Å². The van der Waals surface area contributed by atoms with Gasteiger partial charge in [-0.2, -0.15) is 0 Å². The fourth-order valence-corrected chi connectivity index (χ4v) is 2.88. The maximum Gasteiger partial charge on any atom is 0.339 e. The summed E-state index contributed by atoms with van der Waals surface area (Å²) >= 11 is 0. The van der Waals surface area contributed by atoms with Gasteiger partial charge in [0.15, 0.2) is 0 Å². The predicted octanol–water partition coefficient (Wildman–Crippen LogP) is 4.28. The van der Waals surface area contributed by atoms with Gasteiger partial charge in [-0.3, -0.25) is 9.97 Å². The highest BCUT2D eigenvalue weighted by Crippen LogP contribution is 2.31. The molecule has 4 aromatic rings. The summed E-state index contributed by atoms with van der Waals surface area (Å²) in [5.74, 6) is -1.47. The van der Waals surface area contributed by atoms with Gasteiger partial charge < -0.3 is 10.2 Å². The second kappa shape index (κ2) is 7.28. The lowest BCUT2D eigenvalue weighted by atomic mass is 10.00. The molecule has 0 atom stereocenters. The molecule has 0 radical (unpaired) electrons. The zero-order chi connectivity index (χ0) is 19.5. The number of aromatic hydroxyl groups is 1. The van der Waals surface area contributed by atoms with Gasteiger partial charge in [-0.15, -0.1) is 0 Å². The minimum absolute atomic E-state index is 0.159. The Bertz CT molecular complexity index is 1090. The van der Waals surface area contributed by atoms with E-state index in [-0.39, 0.29) is 11.3 Å². The van der Waals surface area contributed by atoms with Crippen LogP contribution in [-0.2, 0) is 0 Å². The van der Waals surface area contributed by atoms with E-state index in [0.717, 1.165) is 5.56 Å². The van der Waals surface area contributed by atoms with E-state index in [0.29, 0.717) is 28.3 Å². The van der Waals surface area contributed by atoms with Crippen LogP contribution in [0.1, 0.15) is 10.4 Å². The average Bonchev–Trinajstić information content (AvgIpc) is 2.75. The smallest absolute Gasteiger partial charge is 0.339 e. The molecular weight excluding hydrogens is 354 g/mol. The lowest BCUT2D eigenvalue weighted by Gasteiger charge is -2.10. The largest absolute Gasteiger partial charge is 0.507 e. The van der Waals surface area contributed by atoms with Crippen molar-refractivity contribution < 1.29 is 15.0 Å². The molecule has 3 aromatic heterocycles. The Kier molecular flexibility index (Phi) is 4.51. The lowest BCUT2D eigenvalue weighted by molar-refractivity contribution is 0.0694. The van der Waals surface area contributed by atoms with Gasteiger partial charge in [0, 0.05) is 12.4 Å². The molecule has 0 amide bonds. The van der Waals surface area contributed by atoms with E-state index in [1.165, 1.54) is 12.1 Å². The minimum atomic E-state index is -1.19. The molecule has 6 nitrogen and oxygen atoms in total. The Morgan fingerprint density at radius 3 is 1.82 bits per heavy atom. The van der Waals surface area contributed by atoms with Crippen LogP contribution >= 0.6 is 0 Å². The zero-order valence-corrected chi connectivity index (χ0v) is 14.6. The number of carboxylic acids is 1. The third-order valence-electron chi connectivity index (χ3n) is 4.24. The molecule has 3 heterocycles. The molecular formula is C22H15N3O3. The highest BCUT2D eigenvalue weighted by atomic mass is 16.4. The van der Waals surface area contributed by atoms with E-state index < -0.39 is 5.97 Å². The van der Waals surface area contributed by atoms with Gasteiger partial charge in [-0.05, 0) is 59.7 Å². The summed E-state index contributed by atoms with van der Waals surface area (Å²) in [6.45, 7) is 0. The highest BCUT2D eigenvalue weighted by molar-refractivity contribution is 5.92. The molecule has 0 saturated carbocycles. The Hall–Kier alpha value is -4.06. The van der Waals surface area contributed by atoms with E-state index in [1.807, 2.05) is 48.5 Å². The number of nitrogens with zero attached hydrogens (tertiary/aromatic N) is 3. The van der Waals surface area contributed by atoms with Crippen LogP contribution in [-0.4, -0.2) is 31.1 Å². The molecule has 2 N–H and O–H groups in total. The number of rotatable bonds is 4. The Morgan fingerprint density at radius 1 is 0.714 bits per heavy atom. The number of aromatic carboxylic acids is 1. The van der Waals surface area contributed by atoms with Crippen LogP contribution in [0.5, 0.6) is 5.75 Å². The van der Waals surface area contributed by atoms with Gasteiger partial charge in [0.2, 0.25) is 0 Å². The molecule has 0 fully saturated rings. The predicted molar refractivity (Wildman–Crippen MR) is 105 cm³/mol. The minimum Gasteiger partial charge on any atom is -0.507 e. The van der Waals surface area contributed by atoms with E-state index in [1.54, 1.807) is 18.5 Å². The van der Waals surface area contributed by atoms with Gasteiger partial charge in [0.05, 0.1) is 22.8 Å². The van der Waals surface area contributed by atoms with Crippen LogP contribution in [0.15, 0.2) is 79.1 Å². The van der Waals surface area contributed by atoms with Gasteiger partial charge in [-0.1, -0.05) is 18.2 Å². The van der Waals surface area contributed by atoms with Crippen molar-refractivity contribution in [2.45, 2.75) is 0 Å². The average molecular weight is 369 g/mol. The SMILES string of the molecule is O=C(O)c1cc(-c2cc(-c3ccccn3)nc(-c3ccccn3)c2)ccc1O. The number of pyridine rings is 3. The quantitative estimate of drug-likeness (QED) is 0.557. The van der Waals surface area contributed by atoms with E-state index in [2.05, 4.69) is 15.0 Å². The number of phenols is 1. The first-order chi connectivity index (χ1) is 13.6. The molecule has 0 aliphatic carbocycles. The van der Waals surface area contributed by atoms with Crippen LogP contribution < -0.4 is 0 Å². The molecule has 136 valence electrons. The maximum absolute atomic E-state index is 11.4. The van der Waals surface area contributed by atoms with Gasteiger partial charge in [0.25, 0.3) is 0 Å². The van der Waals surface area contributed by atoms with Gasteiger partial charge in [-0.25, -0.2) is 9.78 Å². The summed E-state index contributed by atoms with van der Waals surface area (Å²) < 4.78 is 0. The second-order valence-corrected chi connectivity index (χ2v) is 6.09. The number of hydrogen-bond acceptors (Lipinski definition) is 5. The number of carboxylic acid groups (broad SMARTS) is 1. The summed E-state index contributed by atoms with van der Waals surface area (Å²) in [6.07, 6.45) is 3.38. The fourth-order valence-electron chi connectivity index (χ4n) is 2.88. The van der Waals surface area contributed by atoms with Crippen molar-refractivity contribution in [1.29, 1.82) is 0 Å². The lowest BCUT2D eigenvalue weighted by Crippen LogP contribution is -1.98. The maximum atomic E-state index is 11.4. The molecule has 0 aliphatic rings. The standard InChI is InChI=1S/C22H15N3O3/c26-21-8-7-14(11-16(21)22(27)28)15-12-19(17-5-1-3-9-23-17)25-20(13-15)18-6-2-4-10-24-18/h1-13,26H,(H,27,28). The number of carbonyl (C=O) groups is 1. The van der Waals surface area contributed by atoms with Crippen molar-refractivity contribution in [3.63, 3.8) is 0 Å². The molecule has 0 unspecified atom stereocenters. The summed E-state index contributed by atoms with van der Waals surface area (Å²) in [6, 6.07) is 19.3. The van der Waals surface area contributed by atoms with Gasteiger partial charge >= 0.3 is 5.97 Å². The third-order valence-corrected chi connectivity index (χ3v) is 4.24. The third kappa shape index (κ3) is 3.43. The first kappa shape index (κ1) is 17.4. The molecule has 4 rings (SSSR count). The summed E-state index contributed by atoms with van der Waals surface area (Å²) in [4.78, 5) is 24.8. The fraction of sp³-hybridized carbons (Fsp3) is 0. The summed E-state index contributed by atoms with van der Waals surface area (Å²) in [7, 11) is 0. The monoisotopic (exact) mass is 369 g/mol. The Labute approximate surface area is 160 Å². The molecule has 0 bridgehead atoms. The van der Waals surface area contributed by atoms with Crippen LogP contribution in [0.3, 0.4) is 0 Å². The van der Waals surface area contributed by atoms with Crippen molar-refractivity contribution in [1.82, 2.24) is 15.0 Å². The highest BCUT2D eigenvalue weighted by Gasteiger charge is 2.14. The van der Waals surface area contributed by atoms with Crippen LogP contribution in [0.4, 0.5) is 0 Å². The molecule has 0 saturated heterocycles. The van der Waals surface area contributed by atoms with E-state index >= 15 is 0 Å². The van der Waals surface area contributed by atoms with Crippen LogP contribution in [0.2, 0.25) is 0 Å². The number of hydrogen-bond donors (Lipinski definition) is 2. The second-order valence-electron chi connectivity index (χ2n) is 6.09. The van der Waals surface area contributed by atoms with E-state index in [4.69, 9.17) is 0 Å². The van der Waals surface area contributed by atoms with Crippen LogP contribution in [0, 0.1) is 0 Å². The first-order valence-electron chi connectivity index (χ1n) is 8.53. The number of benzene rings is 1. The molecule has 6 heteroatoms. The first-order valence-corrected chi connectivity index (χ1v) is 8.53. The zero-order valence-electron chi connectivity index (χ0n) is 14.6. The molecule has 1 aromatic carbocycles. The molecule has 0 spiro atoms. The number of aromatic nitrogens is 3. The Morgan fingerprint density at radius 2 is 1.32 bits per heavy atom. The van der Waals surface area contributed by atoms with Crippen molar-refractivity contribution >= 4 is 5.97 Å². The van der Waals surface area contributed by atoms with Crippen molar-refractivity contribution in [2.24, 2.45) is 0 Å². The summed E-state index contributed by atoms with van der Waals surface area (Å²) in [5, 5.41) is 19.1. The summed E-state index contributed by atoms with van der Waals surface area (Å²) in [5.41, 5.74) is 3.91. The van der Waals surface area contributed by atoms with Crippen molar-refractivity contribution in [2.75, 3.05) is 0 Å².